The maximum atomic E-state index is 12.0. The standard InChI is InChI=1S/C34H44ClN5O2/c1-39(2)20-21-40(24-25-8-7-9-28(35)22-25)34(37-29-10-5-4-6-11-29)38-30-16-12-26(13-17-30)32(23-33(36)41)27-14-18-31(42-3)19-15-27/h7-9,12-19,22,29,32H,4-6,10-11,20-21,23-24H2,1-3H3,(H2,36,41)(H,37,38). The van der Waals surface area contributed by atoms with Crippen molar-refractivity contribution in [3.63, 3.8) is 0 Å². The van der Waals surface area contributed by atoms with Crippen LogP contribution in [0.3, 0.4) is 0 Å². The number of anilines is 1. The highest BCUT2D eigenvalue weighted by Gasteiger charge is 2.20. The molecule has 0 radical (unpaired) electrons. The lowest BCUT2D eigenvalue weighted by Gasteiger charge is -2.30. The Morgan fingerprint density at radius 3 is 2.26 bits per heavy atom. The third-order valence-electron chi connectivity index (χ3n) is 7.75. The van der Waals surface area contributed by atoms with Crippen LogP contribution in [0.1, 0.15) is 61.1 Å². The number of likely N-dealkylation sites (N-methyl/N-ethyl adjacent to an activating group) is 1. The van der Waals surface area contributed by atoms with Crippen LogP contribution >= 0.6 is 11.6 Å². The molecule has 0 aliphatic heterocycles. The van der Waals surface area contributed by atoms with Crippen LogP contribution in [0.2, 0.25) is 5.02 Å². The summed E-state index contributed by atoms with van der Waals surface area (Å²) in [7, 11) is 5.82. The molecule has 0 bridgehead atoms. The Morgan fingerprint density at radius 2 is 1.67 bits per heavy atom. The first-order chi connectivity index (χ1) is 20.3. The van der Waals surface area contributed by atoms with Gasteiger partial charge in [0.1, 0.15) is 5.75 Å². The number of nitrogens with one attached hydrogen (secondary N) is 1. The second-order valence-electron chi connectivity index (χ2n) is 11.3. The number of hydrogen-bond acceptors (Lipinski definition) is 4. The number of carbonyl (C=O) groups is 1. The molecule has 0 heterocycles. The molecule has 4 rings (SSSR count). The van der Waals surface area contributed by atoms with Crippen molar-refractivity contribution in [1.29, 1.82) is 0 Å². The van der Waals surface area contributed by atoms with Gasteiger partial charge in [0.25, 0.3) is 0 Å². The summed E-state index contributed by atoms with van der Waals surface area (Å²) >= 11 is 6.34. The first kappa shape index (κ1) is 31.4. The van der Waals surface area contributed by atoms with E-state index in [9.17, 15) is 4.79 Å². The number of hydrogen-bond donors (Lipinski definition) is 2. The Hall–Kier alpha value is -3.55. The number of carbonyl (C=O) groups excluding carboxylic acids is 1. The van der Waals surface area contributed by atoms with Gasteiger partial charge in [0.15, 0.2) is 5.96 Å². The summed E-state index contributed by atoms with van der Waals surface area (Å²) in [6.45, 7) is 2.40. The van der Waals surface area contributed by atoms with E-state index >= 15 is 0 Å². The van der Waals surface area contributed by atoms with Crippen LogP contribution in [0.5, 0.6) is 5.75 Å². The number of primary amides is 1. The molecule has 1 saturated carbocycles. The van der Waals surface area contributed by atoms with Gasteiger partial charge in [-0.25, -0.2) is 4.99 Å². The molecule has 7 nitrogen and oxygen atoms in total. The Bertz CT molecular complexity index is 1300. The van der Waals surface area contributed by atoms with E-state index in [1.54, 1.807) is 7.11 Å². The summed E-state index contributed by atoms with van der Waals surface area (Å²) in [5, 5.41) is 4.40. The van der Waals surface area contributed by atoms with E-state index in [0.29, 0.717) is 12.6 Å². The number of ether oxygens (including phenoxy) is 1. The normalized spacial score (nSPS) is 14.9. The minimum atomic E-state index is -0.336. The largest absolute Gasteiger partial charge is 0.497 e. The lowest BCUT2D eigenvalue weighted by molar-refractivity contribution is -0.118. The van der Waals surface area contributed by atoms with Crippen molar-refractivity contribution in [3.05, 3.63) is 94.5 Å². The van der Waals surface area contributed by atoms with Gasteiger partial charge in [-0.2, -0.15) is 0 Å². The predicted molar refractivity (Wildman–Crippen MR) is 173 cm³/mol. The van der Waals surface area contributed by atoms with Crippen molar-refractivity contribution in [2.24, 2.45) is 10.7 Å². The van der Waals surface area contributed by atoms with Crippen molar-refractivity contribution in [2.75, 3.05) is 39.6 Å². The lowest BCUT2D eigenvalue weighted by Crippen LogP contribution is -2.41. The summed E-state index contributed by atoms with van der Waals surface area (Å²) in [5.41, 5.74) is 9.79. The van der Waals surface area contributed by atoms with E-state index in [4.69, 9.17) is 27.1 Å². The van der Waals surface area contributed by atoms with Crippen molar-refractivity contribution in [1.82, 2.24) is 9.80 Å². The van der Waals surface area contributed by atoms with Crippen LogP contribution in [-0.2, 0) is 11.3 Å². The van der Waals surface area contributed by atoms with Crippen LogP contribution in [0.4, 0.5) is 5.69 Å². The first-order valence-electron chi connectivity index (χ1n) is 14.8. The third kappa shape index (κ3) is 9.50. The van der Waals surface area contributed by atoms with Gasteiger partial charge in [-0.3, -0.25) is 4.79 Å². The molecule has 3 aromatic rings. The number of nitrogens with zero attached hydrogens (tertiary/aromatic N) is 3. The van der Waals surface area contributed by atoms with Crippen molar-refractivity contribution >= 4 is 29.2 Å². The molecule has 3 N–H and O–H groups in total. The van der Waals surface area contributed by atoms with E-state index in [0.717, 1.165) is 65.0 Å². The zero-order chi connectivity index (χ0) is 29.9. The van der Waals surface area contributed by atoms with E-state index in [1.165, 1.54) is 19.3 Å². The van der Waals surface area contributed by atoms with Crippen molar-refractivity contribution < 1.29 is 9.53 Å². The first-order valence-corrected chi connectivity index (χ1v) is 15.2. The highest BCUT2D eigenvalue weighted by Crippen LogP contribution is 2.30. The zero-order valence-electron chi connectivity index (χ0n) is 25.1. The molecule has 0 aromatic heterocycles. The topological polar surface area (TPSA) is 83.2 Å². The molecule has 1 aliphatic carbocycles. The van der Waals surface area contributed by atoms with Gasteiger partial charge in [-0.15, -0.1) is 0 Å². The van der Waals surface area contributed by atoms with E-state index in [2.05, 4.69) is 59.5 Å². The number of benzene rings is 3. The fraction of sp³-hybridized carbons (Fsp3) is 0.412. The summed E-state index contributed by atoms with van der Waals surface area (Å²) < 4.78 is 5.31. The molecule has 224 valence electrons. The molecule has 0 spiro atoms. The zero-order valence-corrected chi connectivity index (χ0v) is 25.8. The minimum Gasteiger partial charge on any atom is -0.497 e. The highest BCUT2D eigenvalue weighted by atomic mass is 35.5. The van der Waals surface area contributed by atoms with Crippen LogP contribution < -0.4 is 15.8 Å². The van der Waals surface area contributed by atoms with Gasteiger partial charge in [0.2, 0.25) is 5.91 Å². The average Bonchev–Trinajstić information content (AvgIpc) is 2.99. The number of aliphatic imine (C=N–C) groups is 1. The fourth-order valence-electron chi connectivity index (χ4n) is 5.41. The lowest BCUT2D eigenvalue weighted by atomic mass is 9.88. The van der Waals surface area contributed by atoms with Gasteiger partial charge in [-0.1, -0.05) is 67.3 Å². The number of guanidine groups is 1. The SMILES string of the molecule is COc1ccc(C(CC(N)=O)c2ccc(NC(=NC3CCCCC3)N(CCN(C)C)Cc3cccc(Cl)c3)cc2)cc1. The van der Waals surface area contributed by atoms with Crippen molar-refractivity contribution in [3.8, 4) is 5.75 Å². The number of nitrogens with two attached hydrogens (primary N) is 1. The van der Waals surface area contributed by atoms with Crippen LogP contribution in [-0.4, -0.2) is 62.0 Å². The molecule has 1 fully saturated rings. The summed E-state index contributed by atoms with van der Waals surface area (Å²) in [6.07, 6.45) is 6.16. The molecule has 1 unspecified atom stereocenters. The average molecular weight is 590 g/mol. The second-order valence-corrected chi connectivity index (χ2v) is 11.8. The molecule has 1 atom stereocenters. The Balaban J connectivity index is 1.62. The molecule has 3 aromatic carbocycles. The number of rotatable bonds is 12. The Kier molecular flexibility index (Phi) is 11.7. The maximum Gasteiger partial charge on any atom is 0.218 e. The highest BCUT2D eigenvalue weighted by molar-refractivity contribution is 6.30. The molecular formula is C34H44ClN5O2. The molecule has 0 saturated heterocycles. The van der Waals surface area contributed by atoms with Gasteiger partial charge < -0.3 is 25.6 Å². The molecular weight excluding hydrogens is 546 g/mol. The Labute approximate surface area is 255 Å². The maximum absolute atomic E-state index is 12.0. The van der Waals surface area contributed by atoms with Crippen LogP contribution in [0.15, 0.2) is 77.8 Å². The Morgan fingerprint density at radius 1 is 1.00 bits per heavy atom. The van der Waals surface area contributed by atoms with E-state index in [-0.39, 0.29) is 18.2 Å². The van der Waals surface area contributed by atoms with Gasteiger partial charge in [0.05, 0.1) is 13.2 Å². The van der Waals surface area contributed by atoms with Gasteiger partial charge in [-0.05, 0) is 80.0 Å². The number of amides is 1. The van der Waals surface area contributed by atoms with Gasteiger partial charge >= 0.3 is 0 Å². The molecule has 42 heavy (non-hydrogen) atoms. The smallest absolute Gasteiger partial charge is 0.218 e. The van der Waals surface area contributed by atoms with Crippen LogP contribution in [0, 0.1) is 0 Å². The van der Waals surface area contributed by atoms with Gasteiger partial charge in [0, 0.05) is 42.7 Å². The van der Waals surface area contributed by atoms with E-state index < -0.39 is 0 Å². The van der Waals surface area contributed by atoms with E-state index in [1.807, 2.05) is 42.5 Å². The predicted octanol–water partition coefficient (Wildman–Crippen LogP) is 6.52. The summed E-state index contributed by atoms with van der Waals surface area (Å²) in [6, 6.07) is 24.4. The van der Waals surface area contributed by atoms with Crippen molar-refractivity contribution in [2.45, 2.75) is 57.0 Å². The number of halogens is 1. The monoisotopic (exact) mass is 589 g/mol. The second kappa shape index (κ2) is 15.6. The quantitative estimate of drug-likeness (QED) is 0.186. The minimum absolute atomic E-state index is 0.141. The molecule has 1 amide bonds. The van der Waals surface area contributed by atoms with Crippen LogP contribution in [0.25, 0.3) is 0 Å². The number of methoxy groups -OCH3 is 1. The molecule has 1 aliphatic rings. The third-order valence-corrected chi connectivity index (χ3v) is 7.99. The summed E-state index contributed by atoms with van der Waals surface area (Å²) in [5.74, 6) is 1.17. The fourth-order valence-corrected chi connectivity index (χ4v) is 5.62. The summed E-state index contributed by atoms with van der Waals surface area (Å²) in [4.78, 5) is 21.8. The molecule has 8 heteroatoms.